The van der Waals surface area contributed by atoms with Crippen molar-refractivity contribution in [2.45, 2.75) is 6.92 Å². The molecule has 0 radical (unpaired) electrons. The number of rotatable bonds is 2. The second kappa shape index (κ2) is 4.80. The number of carbonyl (C=O) groups excluding carboxylic acids is 1. The molecule has 2 aromatic carbocycles. The summed E-state index contributed by atoms with van der Waals surface area (Å²) in [6.45, 7) is 1.48. The molecular weight excluding hydrogens is 283 g/mol. The maximum absolute atomic E-state index is 13.3. The van der Waals surface area contributed by atoms with Gasteiger partial charge in [-0.1, -0.05) is 28.1 Å². The lowest BCUT2D eigenvalue weighted by Crippen LogP contribution is -1.96. The van der Waals surface area contributed by atoms with Crippen LogP contribution in [0.1, 0.15) is 17.3 Å². The first-order valence-electron chi connectivity index (χ1n) is 5.14. The smallest absolute Gasteiger partial charge is 0.160 e. The molecule has 0 atom stereocenters. The number of Topliss-reactive ketones (excluding diaryl/α,β-unsaturated/α-hetero) is 1. The average Bonchev–Trinajstić information content (AvgIpc) is 2.29. The van der Waals surface area contributed by atoms with Crippen LogP contribution in [0, 0.1) is 5.82 Å². The first kappa shape index (κ1) is 12.0. The fraction of sp³-hybridized carbons (Fsp3) is 0.0714. The summed E-state index contributed by atoms with van der Waals surface area (Å²) in [5.74, 6) is -0.407. The standard InChI is InChI=1S/C14H10BrFO/c1-9(17)13-7-6-12(16)8-14(13)10-2-4-11(15)5-3-10/h2-8H,1H3. The van der Waals surface area contributed by atoms with E-state index in [4.69, 9.17) is 0 Å². The molecule has 0 heterocycles. The van der Waals surface area contributed by atoms with Crippen molar-refractivity contribution in [2.24, 2.45) is 0 Å². The maximum atomic E-state index is 13.3. The predicted octanol–water partition coefficient (Wildman–Crippen LogP) is 4.46. The van der Waals surface area contributed by atoms with E-state index in [1.807, 2.05) is 24.3 Å². The van der Waals surface area contributed by atoms with E-state index in [0.29, 0.717) is 11.1 Å². The van der Waals surface area contributed by atoms with Gasteiger partial charge in [0.05, 0.1) is 0 Å². The van der Waals surface area contributed by atoms with Gasteiger partial charge < -0.3 is 0 Å². The van der Waals surface area contributed by atoms with Crippen molar-refractivity contribution in [3.8, 4) is 11.1 Å². The van der Waals surface area contributed by atoms with Crippen LogP contribution < -0.4 is 0 Å². The van der Waals surface area contributed by atoms with E-state index >= 15 is 0 Å². The van der Waals surface area contributed by atoms with Crippen molar-refractivity contribution < 1.29 is 9.18 Å². The van der Waals surface area contributed by atoms with Crippen LogP contribution in [0.3, 0.4) is 0 Å². The van der Waals surface area contributed by atoms with Gasteiger partial charge in [-0.15, -0.1) is 0 Å². The Kier molecular flexibility index (Phi) is 3.38. The molecule has 0 aromatic heterocycles. The summed E-state index contributed by atoms with van der Waals surface area (Å²) in [4.78, 5) is 11.5. The van der Waals surface area contributed by atoms with Gasteiger partial charge in [-0.05, 0) is 48.4 Å². The maximum Gasteiger partial charge on any atom is 0.160 e. The van der Waals surface area contributed by atoms with Crippen LogP contribution >= 0.6 is 15.9 Å². The third kappa shape index (κ3) is 2.61. The van der Waals surface area contributed by atoms with Gasteiger partial charge in [-0.3, -0.25) is 4.79 Å². The van der Waals surface area contributed by atoms with Gasteiger partial charge in [0.2, 0.25) is 0 Å². The SMILES string of the molecule is CC(=O)c1ccc(F)cc1-c1ccc(Br)cc1. The van der Waals surface area contributed by atoms with Crippen molar-refractivity contribution in [3.05, 3.63) is 58.3 Å². The van der Waals surface area contributed by atoms with Crippen molar-refractivity contribution >= 4 is 21.7 Å². The molecule has 0 aliphatic rings. The second-order valence-corrected chi connectivity index (χ2v) is 4.67. The van der Waals surface area contributed by atoms with E-state index in [2.05, 4.69) is 15.9 Å². The van der Waals surface area contributed by atoms with Crippen LogP contribution in [-0.2, 0) is 0 Å². The van der Waals surface area contributed by atoms with E-state index in [9.17, 15) is 9.18 Å². The summed E-state index contributed by atoms with van der Waals surface area (Å²) in [5, 5.41) is 0. The minimum atomic E-state index is -0.340. The lowest BCUT2D eigenvalue weighted by Gasteiger charge is -2.07. The highest BCUT2D eigenvalue weighted by Crippen LogP contribution is 2.26. The highest BCUT2D eigenvalue weighted by atomic mass is 79.9. The molecule has 0 unspecified atom stereocenters. The first-order valence-corrected chi connectivity index (χ1v) is 5.93. The molecule has 17 heavy (non-hydrogen) atoms. The van der Waals surface area contributed by atoms with Gasteiger partial charge in [0.15, 0.2) is 5.78 Å². The Hall–Kier alpha value is -1.48. The third-order valence-corrected chi connectivity index (χ3v) is 3.04. The summed E-state index contributed by atoms with van der Waals surface area (Å²) >= 11 is 3.34. The summed E-state index contributed by atoms with van der Waals surface area (Å²) in [6, 6.07) is 11.7. The van der Waals surface area contributed by atoms with Crippen molar-refractivity contribution in [1.82, 2.24) is 0 Å². The number of carbonyl (C=O) groups is 1. The fourth-order valence-electron chi connectivity index (χ4n) is 1.69. The van der Waals surface area contributed by atoms with Crippen LogP contribution in [0.25, 0.3) is 11.1 Å². The minimum absolute atomic E-state index is 0.0667. The Balaban J connectivity index is 2.60. The molecule has 0 amide bonds. The van der Waals surface area contributed by atoms with E-state index in [-0.39, 0.29) is 11.6 Å². The molecule has 0 aliphatic heterocycles. The molecule has 0 N–H and O–H groups in total. The van der Waals surface area contributed by atoms with Crippen molar-refractivity contribution in [2.75, 3.05) is 0 Å². The average molecular weight is 293 g/mol. The number of hydrogen-bond donors (Lipinski definition) is 0. The monoisotopic (exact) mass is 292 g/mol. The normalized spacial score (nSPS) is 10.3. The molecule has 0 saturated carbocycles. The number of halogens is 2. The van der Waals surface area contributed by atoms with Crippen LogP contribution in [0.5, 0.6) is 0 Å². The van der Waals surface area contributed by atoms with Crippen LogP contribution in [0.4, 0.5) is 4.39 Å². The Morgan fingerprint density at radius 2 is 1.76 bits per heavy atom. The van der Waals surface area contributed by atoms with Gasteiger partial charge in [-0.2, -0.15) is 0 Å². The molecule has 0 bridgehead atoms. The molecule has 0 aliphatic carbocycles. The van der Waals surface area contributed by atoms with Crippen LogP contribution in [0.15, 0.2) is 46.9 Å². The van der Waals surface area contributed by atoms with E-state index in [1.54, 1.807) is 0 Å². The predicted molar refractivity (Wildman–Crippen MR) is 69.5 cm³/mol. The van der Waals surface area contributed by atoms with Crippen LogP contribution in [-0.4, -0.2) is 5.78 Å². The van der Waals surface area contributed by atoms with Gasteiger partial charge >= 0.3 is 0 Å². The van der Waals surface area contributed by atoms with E-state index < -0.39 is 0 Å². The highest BCUT2D eigenvalue weighted by Gasteiger charge is 2.10. The summed E-state index contributed by atoms with van der Waals surface area (Å²) < 4.78 is 14.2. The zero-order valence-corrected chi connectivity index (χ0v) is 10.8. The largest absolute Gasteiger partial charge is 0.294 e. The lowest BCUT2D eigenvalue weighted by molar-refractivity contribution is 0.101. The summed E-state index contributed by atoms with van der Waals surface area (Å²) in [6.07, 6.45) is 0. The molecule has 3 heteroatoms. The zero-order chi connectivity index (χ0) is 12.4. The Labute approximate surface area is 107 Å². The Bertz CT molecular complexity index is 561. The minimum Gasteiger partial charge on any atom is -0.294 e. The molecule has 0 saturated heterocycles. The van der Waals surface area contributed by atoms with E-state index in [0.717, 1.165) is 10.0 Å². The molecule has 1 nitrogen and oxygen atoms in total. The van der Waals surface area contributed by atoms with Crippen molar-refractivity contribution in [1.29, 1.82) is 0 Å². The summed E-state index contributed by atoms with van der Waals surface area (Å²) in [7, 11) is 0. The molecule has 2 rings (SSSR count). The molecular formula is C14H10BrFO. The van der Waals surface area contributed by atoms with Gasteiger partial charge in [0, 0.05) is 10.0 Å². The third-order valence-electron chi connectivity index (χ3n) is 2.52. The molecule has 2 aromatic rings. The highest BCUT2D eigenvalue weighted by molar-refractivity contribution is 9.10. The molecule has 86 valence electrons. The molecule has 0 fully saturated rings. The van der Waals surface area contributed by atoms with E-state index in [1.165, 1.54) is 25.1 Å². The fourth-order valence-corrected chi connectivity index (χ4v) is 1.96. The Morgan fingerprint density at radius 3 is 2.35 bits per heavy atom. The van der Waals surface area contributed by atoms with Crippen LogP contribution in [0.2, 0.25) is 0 Å². The topological polar surface area (TPSA) is 17.1 Å². The quantitative estimate of drug-likeness (QED) is 0.747. The van der Waals surface area contributed by atoms with Gasteiger partial charge in [0.1, 0.15) is 5.82 Å². The lowest BCUT2D eigenvalue weighted by atomic mass is 9.97. The first-order chi connectivity index (χ1) is 8.08. The summed E-state index contributed by atoms with van der Waals surface area (Å²) in [5.41, 5.74) is 2.00. The number of ketones is 1. The van der Waals surface area contributed by atoms with Gasteiger partial charge in [-0.25, -0.2) is 4.39 Å². The van der Waals surface area contributed by atoms with Crippen molar-refractivity contribution in [3.63, 3.8) is 0 Å². The molecule has 0 spiro atoms. The van der Waals surface area contributed by atoms with Gasteiger partial charge in [0.25, 0.3) is 0 Å². The zero-order valence-electron chi connectivity index (χ0n) is 9.21. The number of hydrogen-bond acceptors (Lipinski definition) is 1. The second-order valence-electron chi connectivity index (χ2n) is 3.75. The Morgan fingerprint density at radius 1 is 1.12 bits per heavy atom. The number of benzene rings is 2.